The largest absolute Gasteiger partial charge is 0.469 e. The number of hydrogen-bond donors (Lipinski definition) is 1. The molecular formula is C13H23NO2. The van der Waals surface area contributed by atoms with E-state index in [-0.39, 0.29) is 0 Å². The Labute approximate surface area is 98.2 Å². The third kappa shape index (κ3) is 5.93. The summed E-state index contributed by atoms with van der Waals surface area (Å²) in [6.45, 7) is 8.99. The molecule has 0 saturated carbocycles. The summed E-state index contributed by atoms with van der Waals surface area (Å²) < 4.78 is 10.8. The Kier molecular flexibility index (Phi) is 6.19. The van der Waals surface area contributed by atoms with Crippen molar-refractivity contribution < 1.29 is 9.15 Å². The van der Waals surface area contributed by atoms with Gasteiger partial charge < -0.3 is 14.5 Å². The zero-order valence-corrected chi connectivity index (χ0v) is 10.5. The summed E-state index contributed by atoms with van der Waals surface area (Å²) in [4.78, 5) is 0. The van der Waals surface area contributed by atoms with Gasteiger partial charge in [-0.05, 0) is 25.0 Å². The molecule has 0 aliphatic heterocycles. The fraction of sp³-hybridized carbons (Fsp3) is 0.692. The number of rotatable bonds is 8. The molecule has 0 spiro atoms. The molecule has 1 aromatic heterocycles. The maximum atomic E-state index is 5.49. The SMILES string of the molecule is CC(C)COCCNC(C)Cc1ccco1. The van der Waals surface area contributed by atoms with E-state index in [2.05, 4.69) is 26.1 Å². The zero-order valence-electron chi connectivity index (χ0n) is 10.5. The number of nitrogens with one attached hydrogen (secondary N) is 1. The van der Waals surface area contributed by atoms with Crippen molar-refractivity contribution in [1.82, 2.24) is 5.32 Å². The van der Waals surface area contributed by atoms with Crippen molar-refractivity contribution in [2.75, 3.05) is 19.8 Å². The molecular weight excluding hydrogens is 202 g/mol. The van der Waals surface area contributed by atoms with Gasteiger partial charge in [-0.25, -0.2) is 0 Å². The molecule has 1 aromatic rings. The van der Waals surface area contributed by atoms with Gasteiger partial charge in [0.15, 0.2) is 0 Å². The Morgan fingerprint density at radius 2 is 2.19 bits per heavy atom. The molecule has 0 fully saturated rings. The van der Waals surface area contributed by atoms with Gasteiger partial charge in [0.05, 0.1) is 12.9 Å². The van der Waals surface area contributed by atoms with Crippen LogP contribution in [0.15, 0.2) is 22.8 Å². The van der Waals surface area contributed by atoms with Crippen LogP contribution in [0.25, 0.3) is 0 Å². The van der Waals surface area contributed by atoms with E-state index in [0.29, 0.717) is 12.0 Å². The maximum absolute atomic E-state index is 5.49. The number of ether oxygens (including phenoxy) is 1. The fourth-order valence-corrected chi connectivity index (χ4v) is 1.50. The van der Waals surface area contributed by atoms with Gasteiger partial charge >= 0.3 is 0 Å². The summed E-state index contributed by atoms with van der Waals surface area (Å²) in [7, 11) is 0. The normalized spacial score (nSPS) is 13.2. The van der Waals surface area contributed by atoms with E-state index in [4.69, 9.17) is 9.15 Å². The second-order valence-corrected chi connectivity index (χ2v) is 4.61. The molecule has 1 unspecified atom stereocenters. The minimum absolute atomic E-state index is 0.425. The van der Waals surface area contributed by atoms with E-state index in [1.807, 2.05) is 12.1 Å². The smallest absolute Gasteiger partial charge is 0.105 e. The Bertz CT molecular complexity index is 257. The minimum atomic E-state index is 0.425. The second-order valence-electron chi connectivity index (χ2n) is 4.61. The predicted molar refractivity (Wildman–Crippen MR) is 65.5 cm³/mol. The number of furan rings is 1. The van der Waals surface area contributed by atoms with E-state index in [9.17, 15) is 0 Å². The zero-order chi connectivity index (χ0) is 11.8. The quantitative estimate of drug-likeness (QED) is 0.690. The van der Waals surface area contributed by atoms with Gasteiger partial charge in [-0.2, -0.15) is 0 Å². The summed E-state index contributed by atoms with van der Waals surface area (Å²) in [5.74, 6) is 1.64. The highest BCUT2D eigenvalue weighted by atomic mass is 16.5. The average molecular weight is 225 g/mol. The molecule has 3 heteroatoms. The lowest BCUT2D eigenvalue weighted by Crippen LogP contribution is -2.31. The highest BCUT2D eigenvalue weighted by molar-refractivity contribution is 4.99. The van der Waals surface area contributed by atoms with Crippen LogP contribution in [0, 0.1) is 5.92 Å². The Morgan fingerprint density at radius 1 is 1.38 bits per heavy atom. The summed E-state index contributed by atoms with van der Waals surface area (Å²) in [6.07, 6.45) is 2.64. The molecule has 0 aliphatic rings. The molecule has 3 nitrogen and oxygen atoms in total. The van der Waals surface area contributed by atoms with E-state index in [1.165, 1.54) is 0 Å². The van der Waals surface area contributed by atoms with Crippen LogP contribution in [0.3, 0.4) is 0 Å². The molecule has 1 rings (SSSR count). The van der Waals surface area contributed by atoms with Crippen molar-refractivity contribution in [2.45, 2.75) is 33.2 Å². The van der Waals surface area contributed by atoms with Crippen LogP contribution in [0.5, 0.6) is 0 Å². The van der Waals surface area contributed by atoms with E-state index >= 15 is 0 Å². The van der Waals surface area contributed by atoms with Gasteiger partial charge in [0.1, 0.15) is 5.76 Å². The van der Waals surface area contributed by atoms with Crippen LogP contribution in [0.2, 0.25) is 0 Å². The van der Waals surface area contributed by atoms with E-state index in [1.54, 1.807) is 6.26 Å². The van der Waals surface area contributed by atoms with Crippen molar-refractivity contribution in [1.29, 1.82) is 0 Å². The Morgan fingerprint density at radius 3 is 2.81 bits per heavy atom. The topological polar surface area (TPSA) is 34.4 Å². The minimum Gasteiger partial charge on any atom is -0.469 e. The summed E-state index contributed by atoms with van der Waals surface area (Å²) in [6, 6.07) is 4.36. The van der Waals surface area contributed by atoms with Crippen LogP contribution in [0.1, 0.15) is 26.5 Å². The molecule has 0 amide bonds. The first-order valence-electron chi connectivity index (χ1n) is 6.02. The molecule has 1 N–H and O–H groups in total. The van der Waals surface area contributed by atoms with Gasteiger partial charge in [-0.3, -0.25) is 0 Å². The van der Waals surface area contributed by atoms with E-state index < -0.39 is 0 Å². The van der Waals surface area contributed by atoms with Gasteiger partial charge in [0.25, 0.3) is 0 Å². The van der Waals surface area contributed by atoms with Crippen LogP contribution >= 0.6 is 0 Å². The van der Waals surface area contributed by atoms with Crippen LogP contribution in [-0.2, 0) is 11.2 Å². The Balaban J connectivity index is 2.00. The van der Waals surface area contributed by atoms with Crippen LogP contribution < -0.4 is 5.32 Å². The molecule has 0 aromatic carbocycles. The van der Waals surface area contributed by atoms with E-state index in [0.717, 1.165) is 31.9 Å². The predicted octanol–water partition coefficient (Wildman–Crippen LogP) is 2.47. The summed E-state index contributed by atoms with van der Waals surface area (Å²) in [5.41, 5.74) is 0. The van der Waals surface area contributed by atoms with Crippen molar-refractivity contribution in [3.63, 3.8) is 0 Å². The lowest BCUT2D eigenvalue weighted by atomic mass is 10.2. The average Bonchev–Trinajstić information content (AvgIpc) is 2.69. The number of hydrogen-bond acceptors (Lipinski definition) is 3. The third-order valence-corrected chi connectivity index (χ3v) is 2.28. The molecule has 0 saturated heterocycles. The molecule has 0 aliphatic carbocycles. The van der Waals surface area contributed by atoms with Gasteiger partial charge in [-0.15, -0.1) is 0 Å². The molecule has 0 bridgehead atoms. The standard InChI is InChI=1S/C13H23NO2/c1-11(2)10-15-8-6-14-12(3)9-13-5-4-7-16-13/h4-5,7,11-12,14H,6,8-10H2,1-3H3. The maximum Gasteiger partial charge on any atom is 0.105 e. The summed E-state index contributed by atoms with van der Waals surface area (Å²) >= 11 is 0. The van der Waals surface area contributed by atoms with Crippen molar-refractivity contribution in [3.8, 4) is 0 Å². The lowest BCUT2D eigenvalue weighted by molar-refractivity contribution is 0.110. The second kappa shape index (κ2) is 7.47. The third-order valence-electron chi connectivity index (χ3n) is 2.28. The fourth-order valence-electron chi connectivity index (χ4n) is 1.50. The highest BCUT2D eigenvalue weighted by Crippen LogP contribution is 2.03. The van der Waals surface area contributed by atoms with Gasteiger partial charge in [0.2, 0.25) is 0 Å². The van der Waals surface area contributed by atoms with Crippen molar-refractivity contribution in [3.05, 3.63) is 24.2 Å². The first-order chi connectivity index (χ1) is 7.68. The van der Waals surface area contributed by atoms with Crippen molar-refractivity contribution in [2.24, 2.45) is 5.92 Å². The van der Waals surface area contributed by atoms with Crippen molar-refractivity contribution >= 4 is 0 Å². The Hall–Kier alpha value is -0.800. The highest BCUT2D eigenvalue weighted by Gasteiger charge is 2.04. The molecule has 1 heterocycles. The molecule has 16 heavy (non-hydrogen) atoms. The molecule has 92 valence electrons. The van der Waals surface area contributed by atoms with Gasteiger partial charge in [0, 0.05) is 25.6 Å². The first kappa shape index (κ1) is 13.3. The molecule has 0 radical (unpaired) electrons. The van der Waals surface area contributed by atoms with Crippen LogP contribution in [-0.4, -0.2) is 25.8 Å². The summed E-state index contributed by atoms with van der Waals surface area (Å²) in [5, 5.41) is 3.41. The van der Waals surface area contributed by atoms with Gasteiger partial charge in [-0.1, -0.05) is 13.8 Å². The lowest BCUT2D eigenvalue weighted by Gasteiger charge is -2.13. The van der Waals surface area contributed by atoms with Crippen LogP contribution in [0.4, 0.5) is 0 Å². The molecule has 1 atom stereocenters. The monoisotopic (exact) mass is 225 g/mol. The first-order valence-corrected chi connectivity index (χ1v) is 6.02.